The summed E-state index contributed by atoms with van der Waals surface area (Å²) in [6, 6.07) is 22.7. The van der Waals surface area contributed by atoms with Gasteiger partial charge in [-0.05, 0) is 36.6 Å². The summed E-state index contributed by atoms with van der Waals surface area (Å²) < 4.78 is 37.4. The molecule has 1 aliphatic rings. The van der Waals surface area contributed by atoms with Gasteiger partial charge < -0.3 is 14.8 Å². The smallest absolute Gasteiger partial charge is 0.232 e. The molecule has 184 valence electrons. The maximum Gasteiger partial charge on any atom is 0.232 e. The molecule has 1 N–H and O–H groups in total. The number of nitrogens with one attached hydrogen (secondary N) is 1. The molecular weight excluding hydrogens is 464 g/mol. The fourth-order valence-corrected chi connectivity index (χ4v) is 5.01. The number of carbonyl (C=O) groups excluding carboxylic acids is 1. The van der Waals surface area contributed by atoms with Gasteiger partial charge in [-0.2, -0.15) is 0 Å². The molecule has 4 rings (SSSR count). The molecule has 3 aromatic rings. The first kappa shape index (κ1) is 24.6. The van der Waals surface area contributed by atoms with Gasteiger partial charge >= 0.3 is 0 Å². The number of amides is 1. The molecule has 35 heavy (non-hydrogen) atoms. The average molecular weight is 495 g/mol. The molecule has 0 bridgehead atoms. The minimum Gasteiger partial charge on any atom is -0.486 e. The number of anilines is 1. The second kappa shape index (κ2) is 10.8. The van der Waals surface area contributed by atoms with Crippen molar-refractivity contribution in [2.24, 2.45) is 0 Å². The highest BCUT2D eigenvalue weighted by Gasteiger charge is 2.22. The lowest BCUT2D eigenvalue weighted by Crippen LogP contribution is -2.33. The van der Waals surface area contributed by atoms with Crippen molar-refractivity contribution in [3.63, 3.8) is 0 Å². The van der Waals surface area contributed by atoms with E-state index in [4.69, 9.17) is 9.47 Å². The van der Waals surface area contributed by atoms with Crippen molar-refractivity contribution >= 4 is 21.6 Å². The standard InChI is InChI=1S/C27H30N2O5S/c1-20-10-12-22(13-11-20)27(21-7-4-3-5-8-21)28-26(30)9-6-16-29(35(2,31)32)23-14-15-24-25(19-23)34-18-17-33-24/h3-5,7-8,10-15,19,27H,6,9,16-18H2,1-2H3,(H,28,30)/t27-/m1/s1. The van der Waals surface area contributed by atoms with Gasteiger partial charge in [0.1, 0.15) is 13.2 Å². The van der Waals surface area contributed by atoms with Gasteiger partial charge in [-0.3, -0.25) is 9.10 Å². The Hall–Kier alpha value is -3.52. The van der Waals surface area contributed by atoms with Crippen molar-refractivity contribution in [1.82, 2.24) is 5.32 Å². The van der Waals surface area contributed by atoms with Gasteiger partial charge in [0, 0.05) is 19.0 Å². The number of fused-ring (bicyclic) bond motifs is 1. The zero-order chi connectivity index (χ0) is 24.8. The number of aryl methyl sites for hydroxylation is 1. The fraction of sp³-hybridized carbons (Fsp3) is 0.296. The Balaban J connectivity index is 1.43. The second-order valence-electron chi connectivity index (χ2n) is 8.59. The number of nitrogens with zero attached hydrogens (tertiary/aromatic N) is 1. The van der Waals surface area contributed by atoms with Gasteiger partial charge in [-0.25, -0.2) is 8.42 Å². The Morgan fingerprint density at radius 2 is 1.60 bits per heavy atom. The van der Waals surface area contributed by atoms with Crippen LogP contribution in [0.15, 0.2) is 72.8 Å². The molecule has 8 heteroatoms. The van der Waals surface area contributed by atoms with Gasteiger partial charge in [0.15, 0.2) is 11.5 Å². The Labute approximate surface area is 206 Å². The van der Waals surface area contributed by atoms with Gasteiger partial charge in [0.05, 0.1) is 18.0 Å². The minimum absolute atomic E-state index is 0.143. The van der Waals surface area contributed by atoms with Crippen LogP contribution < -0.4 is 19.1 Å². The first-order valence-electron chi connectivity index (χ1n) is 11.6. The maximum atomic E-state index is 12.9. The quantitative estimate of drug-likeness (QED) is 0.482. The van der Waals surface area contributed by atoms with Crippen molar-refractivity contribution in [2.45, 2.75) is 25.8 Å². The highest BCUT2D eigenvalue weighted by atomic mass is 32.2. The van der Waals surface area contributed by atoms with E-state index < -0.39 is 10.0 Å². The zero-order valence-electron chi connectivity index (χ0n) is 19.9. The van der Waals surface area contributed by atoms with Crippen LogP contribution in [0, 0.1) is 6.92 Å². The summed E-state index contributed by atoms with van der Waals surface area (Å²) in [4.78, 5) is 12.9. The van der Waals surface area contributed by atoms with Crippen LogP contribution in [0.1, 0.15) is 35.6 Å². The largest absolute Gasteiger partial charge is 0.486 e. The predicted molar refractivity (Wildman–Crippen MR) is 136 cm³/mol. The topological polar surface area (TPSA) is 84.9 Å². The molecule has 0 aromatic heterocycles. The van der Waals surface area contributed by atoms with Gasteiger partial charge in [0.25, 0.3) is 0 Å². The molecule has 7 nitrogen and oxygen atoms in total. The molecule has 0 fully saturated rings. The van der Waals surface area contributed by atoms with Crippen LogP contribution in [0.2, 0.25) is 0 Å². The van der Waals surface area contributed by atoms with E-state index in [1.54, 1.807) is 18.2 Å². The second-order valence-corrected chi connectivity index (χ2v) is 10.5. The third-order valence-electron chi connectivity index (χ3n) is 5.83. The van der Waals surface area contributed by atoms with E-state index in [2.05, 4.69) is 5.32 Å². The van der Waals surface area contributed by atoms with E-state index in [9.17, 15) is 13.2 Å². The maximum absolute atomic E-state index is 12.9. The number of hydrogen-bond acceptors (Lipinski definition) is 5. The lowest BCUT2D eigenvalue weighted by molar-refractivity contribution is -0.121. The number of benzene rings is 3. The number of ether oxygens (including phenoxy) is 2. The molecule has 3 aromatic carbocycles. The van der Waals surface area contributed by atoms with Crippen LogP contribution in [-0.2, 0) is 14.8 Å². The lowest BCUT2D eigenvalue weighted by atomic mass is 9.97. The van der Waals surface area contributed by atoms with E-state index in [1.165, 1.54) is 4.31 Å². The molecule has 0 unspecified atom stereocenters. The summed E-state index contributed by atoms with van der Waals surface area (Å²) in [6.45, 7) is 3.07. The Morgan fingerprint density at radius 3 is 2.29 bits per heavy atom. The van der Waals surface area contributed by atoms with Gasteiger partial charge in [-0.1, -0.05) is 60.2 Å². The van der Waals surface area contributed by atoms with Crippen LogP contribution >= 0.6 is 0 Å². The molecule has 0 aliphatic carbocycles. The van der Waals surface area contributed by atoms with Crippen LogP contribution in [0.3, 0.4) is 0 Å². The highest BCUT2D eigenvalue weighted by Crippen LogP contribution is 2.34. The summed E-state index contributed by atoms with van der Waals surface area (Å²) in [7, 11) is -3.55. The highest BCUT2D eigenvalue weighted by molar-refractivity contribution is 7.92. The number of hydrogen-bond donors (Lipinski definition) is 1. The summed E-state index contributed by atoms with van der Waals surface area (Å²) in [6.07, 6.45) is 1.71. The first-order valence-corrected chi connectivity index (χ1v) is 13.4. The summed E-state index contributed by atoms with van der Waals surface area (Å²) in [5.41, 5.74) is 3.61. The van der Waals surface area contributed by atoms with Crippen LogP contribution in [-0.4, -0.2) is 40.3 Å². The summed E-state index contributed by atoms with van der Waals surface area (Å²) >= 11 is 0. The summed E-state index contributed by atoms with van der Waals surface area (Å²) in [5.74, 6) is 0.967. The molecule has 1 aliphatic heterocycles. The molecule has 1 amide bonds. The Morgan fingerprint density at radius 1 is 0.943 bits per heavy atom. The molecule has 0 saturated carbocycles. The Bertz CT molecular complexity index is 1260. The summed E-state index contributed by atoms with van der Waals surface area (Å²) in [5, 5.41) is 3.12. The van der Waals surface area contributed by atoms with E-state index in [1.807, 2.05) is 61.5 Å². The van der Waals surface area contributed by atoms with Crippen molar-refractivity contribution in [2.75, 3.05) is 30.3 Å². The third kappa shape index (κ3) is 6.33. The van der Waals surface area contributed by atoms with Crippen LogP contribution in [0.25, 0.3) is 0 Å². The lowest BCUT2D eigenvalue weighted by Gasteiger charge is -2.25. The molecule has 1 atom stereocenters. The minimum atomic E-state index is -3.55. The van der Waals surface area contributed by atoms with Crippen LogP contribution in [0.5, 0.6) is 11.5 Å². The number of carbonyl (C=O) groups is 1. The third-order valence-corrected chi connectivity index (χ3v) is 7.02. The zero-order valence-corrected chi connectivity index (χ0v) is 20.8. The van der Waals surface area contributed by atoms with Crippen molar-refractivity contribution < 1.29 is 22.7 Å². The SMILES string of the molecule is Cc1ccc([C@H](NC(=O)CCCN(c2ccc3c(c2)OCCO3)S(C)(=O)=O)c2ccccc2)cc1. The van der Waals surface area contributed by atoms with E-state index in [0.29, 0.717) is 36.8 Å². The van der Waals surface area contributed by atoms with Gasteiger partial charge in [0.2, 0.25) is 15.9 Å². The van der Waals surface area contributed by atoms with Crippen molar-refractivity contribution in [3.05, 3.63) is 89.5 Å². The van der Waals surface area contributed by atoms with E-state index in [-0.39, 0.29) is 24.9 Å². The average Bonchev–Trinajstić information content (AvgIpc) is 2.85. The molecule has 0 radical (unpaired) electrons. The molecule has 1 heterocycles. The van der Waals surface area contributed by atoms with E-state index >= 15 is 0 Å². The monoisotopic (exact) mass is 494 g/mol. The number of sulfonamides is 1. The van der Waals surface area contributed by atoms with Crippen molar-refractivity contribution in [3.8, 4) is 11.5 Å². The molecule has 0 spiro atoms. The van der Waals surface area contributed by atoms with Crippen molar-refractivity contribution in [1.29, 1.82) is 0 Å². The molecular formula is C27H30N2O5S. The van der Waals surface area contributed by atoms with Gasteiger partial charge in [-0.15, -0.1) is 0 Å². The first-order chi connectivity index (χ1) is 16.8. The number of rotatable bonds is 9. The Kier molecular flexibility index (Phi) is 7.60. The van der Waals surface area contributed by atoms with Crippen LogP contribution in [0.4, 0.5) is 5.69 Å². The fourth-order valence-electron chi connectivity index (χ4n) is 4.05. The molecule has 0 saturated heterocycles. The normalized spacial score (nSPS) is 13.7. The predicted octanol–water partition coefficient (Wildman–Crippen LogP) is 4.22. The van der Waals surface area contributed by atoms with E-state index in [0.717, 1.165) is 22.9 Å².